The van der Waals surface area contributed by atoms with Crippen LogP contribution in [-0.2, 0) is 0 Å². The molecule has 2 aromatic carbocycles. The Morgan fingerprint density at radius 3 is 2.47 bits per heavy atom. The summed E-state index contributed by atoms with van der Waals surface area (Å²) in [6.07, 6.45) is 1.91. The van der Waals surface area contributed by atoms with Gasteiger partial charge in [-0.15, -0.1) is 0 Å². The maximum absolute atomic E-state index is 9.21. The fourth-order valence-corrected chi connectivity index (χ4v) is 1.71. The summed E-state index contributed by atoms with van der Waals surface area (Å²) in [4.78, 5) is 0. The van der Waals surface area contributed by atoms with Crippen LogP contribution in [0, 0.1) is 18.3 Å². The van der Waals surface area contributed by atoms with E-state index in [1.165, 1.54) is 0 Å². The van der Waals surface area contributed by atoms with Gasteiger partial charge in [-0.1, -0.05) is 60.2 Å². The van der Waals surface area contributed by atoms with Crippen LogP contribution in [0.2, 0.25) is 0 Å². The first-order chi connectivity index (χ1) is 8.29. The van der Waals surface area contributed by atoms with Crippen molar-refractivity contribution < 1.29 is 0 Å². The SMILES string of the molecule is Cc1cccc(/C(C#N)=C/c2ccccc2)c1. The van der Waals surface area contributed by atoms with Gasteiger partial charge in [-0.05, 0) is 24.1 Å². The molecule has 82 valence electrons. The molecule has 0 aliphatic carbocycles. The van der Waals surface area contributed by atoms with E-state index in [0.717, 1.165) is 16.7 Å². The van der Waals surface area contributed by atoms with Crippen LogP contribution in [0.3, 0.4) is 0 Å². The lowest BCUT2D eigenvalue weighted by Gasteiger charge is -2.01. The van der Waals surface area contributed by atoms with Gasteiger partial charge in [0.25, 0.3) is 0 Å². The molecule has 0 spiro atoms. The lowest BCUT2D eigenvalue weighted by Crippen LogP contribution is -1.83. The van der Waals surface area contributed by atoms with Crippen LogP contribution in [0.15, 0.2) is 54.6 Å². The molecule has 1 nitrogen and oxygen atoms in total. The minimum atomic E-state index is 0.694. The summed E-state index contributed by atoms with van der Waals surface area (Å²) < 4.78 is 0. The summed E-state index contributed by atoms with van der Waals surface area (Å²) >= 11 is 0. The van der Waals surface area contributed by atoms with Crippen molar-refractivity contribution in [2.75, 3.05) is 0 Å². The highest BCUT2D eigenvalue weighted by Crippen LogP contribution is 2.18. The average Bonchev–Trinajstić information content (AvgIpc) is 2.37. The van der Waals surface area contributed by atoms with Crippen LogP contribution in [-0.4, -0.2) is 0 Å². The lowest BCUT2D eigenvalue weighted by atomic mass is 10.0. The predicted molar refractivity (Wildman–Crippen MR) is 71.1 cm³/mol. The van der Waals surface area contributed by atoms with E-state index in [1.807, 2.05) is 67.6 Å². The van der Waals surface area contributed by atoms with Crippen molar-refractivity contribution in [1.82, 2.24) is 0 Å². The van der Waals surface area contributed by atoms with Crippen molar-refractivity contribution in [1.29, 1.82) is 5.26 Å². The normalized spacial score (nSPS) is 10.9. The molecule has 2 aromatic rings. The van der Waals surface area contributed by atoms with E-state index in [0.29, 0.717) is 5.57 Å². The first-order valence-electron chi connectivity index (χ1n) is 5.53. The van der Waals surface area contributed by atoms with E-state index in [2.05, 4.69) is 6.07 Å². The second kappa shape index (κ2) is 5.14. The summed E-state index contributed by atoms with van der Waals surface area (Å²) in [6, 6.07) is 20.1. The molecular weight excluding hydrogens is 206 g/mol. The zero-order chi connectivity index (χ0) is 12.1. The Labute approximate surface area is 102 Å². The predicted octanol–water partition coefficient (Wildman–Crippen LogP) is 4.06. The number of allylic oxidation sites excluding steroid dienone is 1. The van der Waals surface area contributed by atoms with Crippen molar-refractivity contribution in [3.63, 3.8) is 0 Å². The Kier molecular flexibility index (Phi) is 3.37. The molecule has 0 radical (unpaired) electrons. The number of nitrogens with zero attached hydrogens (tertiary/aromatic N) is 1. The molecule has 0 aliphatic rings. The Morgan fingerprint density at radius 1 is 1.06 bits per heavy atom. The fourth-order valence-electron chi connectivity index (χ4n) is 1.71. The van der Waals surface area contributed by atoms with Gasteiger partial charge in [0.1, 0.15) is 0 Å². The van der Waals surface area contributed by atoms with E-state index in [1.54, 1.807) is 0 Å². The number of aryl methyl sites for hydroxylation is 1. The molecule has 0 N–H and O–H groups in total. The first kappa shape index (κ1) is 11.2. The standard InChI is InChI=1S/C16H13N/c1-13-6-5-9-15(10-13)16(12-17)11-14-7-3-2-4-8-14/h2-11H,1H3/b16-11+. The second-order valence-corrected chi connectivity index (χ2v) is 3.95. The molecule has 0 unspecified atom stereocenters. The van der Waals surface area contributed by atoms with Gasteiger partial charge in [0, 0.05) is 0 Å². The summed E-state index contributed by atoms with van der Waals surface area (Å²) in [6.45, 7) is 2.03. The number of hydrogen-bond acceptors (Lipinski definition) is 1. The summed E-state index contributed by atoms with van der Waals surface area (Å²) in [5.41, 5.74) is 3.87. The van der Waals surface area contributed by atoms with E-state index in [9.17, 15) is 5.26 Å². The molecule has 0 amide bonds. The Bertz CT molecular complexity index is 574. The minimum absolute atomic E-state index is 0.694. The number of benzene rings is 2. The van der Waals surface area contributed by atoms with E-state index >= 15 is 0 Å². The fraction of sp³-hybridized carbons (Fsp3) is 0.0625. The molecule has 0 bridgehead atoms. The van der Waals surface area contributed by atoms with Crippen molar-refractivity contribution in [2.45, 2.75) is 6.92 Å². The molecule has 0 aliphatic heterocycles. The van der Waals surface area contributed by atoms with Crippen LogP contribution in [0.25, 0.3) is 11.6 Å². The van der Waals surface area contributed by atoms with Crippen molar-refractivity contribution >= 4 is 11.6 Å². The third-order valence-electron chi connectivity index (χ3n) is 2.56. The number of nitriles is 1. The van der Waals surface area contributed by atoms with Gasteiger partial charge >= 0.3 is 0 Å². The third-order valence-corrected chi connectivity index (χ3v) is 2.56. The third kappa shape index (κ3) is 2.83. The highest BCUT2D eigenvalue weighted by molar-refractivity contribution is 5.89. The van der Waals surface area contributed by atoms with Gasteiger partial charge in [-0.3, -0.25) is 0 Å². The molecule has 0 fully saturated rings. The molecule has 0 saturated heterocycles. The molecule has 0 saturated carbocycles. The molecular formula is C16H13N. The first-order valence-corrected chi connectivity index (χ1v) is 5.53. The average molecular weight is 219 g/mol. The van der Waals surface area contributed by atoms with E-state index in [4.69, 9.17) is 0 Å². The van der Waals surface area contributed by atoms with Gasteiger partial charge in [0.15, 0.2) is 0 Å². The Morgan fingerprint density at radius 2 is 1.82 bits per heavy atom. The van der Waals surface area contributed by atoms with Gasteiger partial charge in [0.05, 0.1) is 11.6 Å². The maximum atomic E-state index is 9.21. The summed E-state index contributed by atoms with van der Waals surface area (Å²) in [5.74, 6) is 0. The summed E-state index contributed by atoms with van der Waals surface area (Å²) in [7, 11) is 0. The molecule has 0 aromatic heterocycles. The van der Waals surface area contributed by atoms with Crippen LogP contribution < -0.4 is 0 Å². The van der Waals surface area contributed by atoms with Crippen molar-refractivity contribution in [3.05, 3.63) is 71.3 Å². The Hall–Kier alpha value is -2.33. The molecule has 0 heterocycles. The van der Waals surface area contributed by atoms with Crippen LogP contribution in [0.4, 0.5) is 0 Å². The summed E-state index contributed by atoms with van der Waals surface area (Å²) in [5, 5.41) is 9.21. The smallest absolute Gasteiger partial charge is 0.0998 e. The molecule has 0 atom stereocenters. The van der Waals surface area contributed by atoms with Crippen LogP contribution in [0.1, 0.15) is 16.7 Å². The van der Waals surface area contributed by atoms with Gasteiger partial charge in [-0.2, -0.15) is 5.26 Å². The topological polar surface area (TPSA) is 23.8 Å². The maximum Gasteiger partial charge on any atom is 0.0998 e. The monoisotopic (exact) mass is 219 g/mol. The van der Waals surface area contributed by atoms with Crippen LogP contribution in [0.5, 0.6) is 0 Å². The molecule has 17 heavy (non-hydrogen) atoms. The van der Waals surface area contributed by atoms with Crippen molar-refractivity contribution in [2.24, 2.45) is 0 Å². The lowest BCUT2D eigenvalue weighted by molar-refractivity contribution is 1.44. The minimum Gasteiger partial charge on any atom is -0.192 e. The quantitative estimate of drug-likeness (QED) is 0.552. The van der Waals surface area contributed by atoms with E-state index in [-0.39, 0.29) is 0 Å². The molecule has 2 rings (SSSR count). The van der Waals surface area contributed by atoms with Gasteiger partial charge in [0.2, 0.25) is 0 Å². The van der Waals surface area contributed by atoms with Gasteiger partial charge in [-0.25, -0.2) is 0 Å². The zero-order valence-electron chi connectivity index (χ0n) is 9.72. The number of hydrogen-bond donors (Lipinski definition) is 0. The number of rotatable bonds is 2. The van der Waals surface area contributed by atoms with Gasteiger partial charge < -0.3 is 0 Å². The largest absolute Gasteiger partial charge is 0.192 e. The highest BCUT2D eigenvalue weighted by atomic mass is 14.2. The second-order valence-electron chi connectivity index (χ2n) is 3.95. The molecule has 1 heteroatoms. The van der Waals surface area contributed by atoms with Crippen LogP contribution >= 0.6 is 0 Å². The zero-order valence-corrected chi connectivity index (χ0v) is 9.72. The van der Waals surface area contributed by atoms with E-state index < -0.39 is 0 Å². The van der Waals surface area contributed by atoms with Crippen molar-refractivity contribution in [3.8, 4) is 6.07 Å². The Balaban J connectivity index is 2.42. The highest BCUT2D eigenvalue weighted by Gasteiger charge is 2.00.